The fourth-order valence-electron chi connectivity index (χ4n) is 3.35. The molecule has 2 aromatic carbocycles. The summed E-state index contributed by atoms with van der Waals surface area (Å²) >= 11 is 0. The second-order valence-electron chi connectivity index (χ2n) is 6.61. The molecule has 1 aliphatic rings. The van der Waals surface area contributed by atoms with E-state index in [0.29, 0.717) is 24.4 Å². The highest BCUT2D eigenvalue weighted by Gasteiger charge is 2.24. The molecule has 1 heterocycles. The molecule has 5 heteroatoms. The summed E-state index contributed by atoms with van der Waals surface area (Å²) < 4.78 is 18.2. The summed E-state index contributed by atoms with van der Waals surface area (Å²) in [5.41, 5.74) is 1.64. The minimum atomic E-state index is -0.390. The van der Waals surface area contributed by atoms with Crippen LogP contribution in [0.25, 0.3) is 0 Å². The van der Waals surface area contributed by atoms with Gasteiger partial charge in [0.25, 0.3) is 5.91 Å². The Bertz CT molecular complexity index is 771. The Morgan fingerprint density at radius 1 is 1.04 bits per heavy atom. The maximum absolute atomic E-state index is 13.2. The molecule has 136 valence electrons. The summed E-state index contributed by atoms with van der Waals surface area (Å²) in [5.74, 6) is -0.0354. The second-order valence-corrected chi connectivity index (χ2v) is 6.61. The number of hydrogen-bond donors (Lipinski definition) is 0. The summed E-state index contributed by atoms with van der Waals surface area (Å²) in [7, 11) is 0. The van der Waals surface area contributed by atoms with E-state index in [0.717, 1.165) is 24.8 Å². The molecule has 26 heavy (non-hydrogen) atoms. The molecule has 4 nitrogen and oxygen atoms in total. The molecule has 0 aromatic heterocycles. The molecule has 1 saturated heterocycles. The van der Waals surface area contributed by atoms with Crippen LogP contribution in [0.2, 0.25) is 0 Å². The average molecular weight is 355 g/mol. The minimum absolute atomic E-state index is 0.0339. The predicted octanol–water partition coefficient (Wildman–Crippen LogP) is 4.16. The van der Waals surface area contributed by atoms with E-state index < -0.39 is 5.97 Å². The lowest BCUT2D eigenvalue weighted by Gasteiger charge is -2.25. The van der Waals surface area contributed by atoms with Gasteiger partial charge in [-0.1, -0.05) is 18.6 Å². The van der Waals surface area contributed by atoms with Crippen LogP contribution < -0.4 is 4.74 Å². The van der Waals surface area contributed by atoms with Crippen molar-refractivity contribution in [1.29, 1.82) is 0 Å². The van der Waals surface area contributed by atoms with Gasteiger partial charge in [0.2, 0.25) is 0 Å². The number of rotatable bonds is 3. The summed E-state index contributed by atoms with van der Waals surface area (Å²) in [6, 6.07) is 13.2. The first-order valence-electron chi connectivity index (χ1n) is 8.86. The summed E-state index contributed by atoms with van der Waals surface area (Å²) in [6.07, 6.45) is 2.98. The average Bonchev–Trinajstić information content (AvgIpc) is 2.88. The molecule has 1 fully saturated rings. The Balaban J connectivity index is 1.73. The van der Waals surface area contributed by atoms with E-state index in [9.17, 15) is 14.0 Å². The van der Waals surface area contributed by atoms with Gasteiger partial charge < -0.3 is 9.64 Å². The predicted molar refractivity (Wildman–Crippen MR) is 96.6 cm³/mol. The lowest BCUT2D eigenvalue weighted by molar-refractivity contribution is -0.131. The van der Waals surface area contributed by atoms with Gasteiger partial charge in [-0.3, -0.25) is 9.59 Å². The largest absolute Gasteiger partial charge is 0.427 e. The lowest BCUT2D eigenvalue weighted by Crippen LogP contribution is -2.34. The number of amides is 1. The first kappa shape index (κ1) is 18.1. The van der Waals surface area contributed by atoms with Crippen molar-refractivity contribution < 1.29 is 18.7 Å². The van der Waals surface area contributed by atoms with Gasteiger partial charge in [-0.25, -0.2) is 4.39 Å². The van der Waals surface area contributed by atoms with Crippen molar-refractivity contribution in [2.45, 2.75) is 32.1 Å². The van der Waals surface area contributed by atoms with E-state index >= 15 is 0 Å². The molecule has 0 bridgehead atoms. The van der Waals surface area contributed by atoms with Gasteiger partial charge >= 0.3 is 5.97 Å². The molecule has 1 amide bonds. The van der Waals surface area contributed by atoms with Crippen LogP contribution in [0.5, 0.6) is 5.75 Å². The first-order valence-corrected chi connectivity index (χ1v) is 8.86. The highest BCUT2D eigenvalue weighted by molar-refractivity contribution is 5.94. The number of carbonyl (C=O) groups is 2. The third kappa shape index (κ3) is 4.48. The highest BCUT2D eigenvalue weighted by atomic mass is 19.1. The zero-order valence-electron chi connectivity index (χ0n) is 14.8. The minimum Gasteiger partial charge on any atom is -0.427 e. The quantitative estimate of drug-likeness (QED) is 0.613. The van der Waals surface area contributed by atoms with Crippen LogP contribution in [-0.4, -0.2) is 29.9 Å². The zero-order chi connectivity index (χ0) is 18.5. The van der Waals surface area contributed by atoms with Crippen molar-refractivity contribution >= 4 is 11.9 Å². The Morgan fingerprint density at radius 3 is 2.38 bits per heavy atom. The van der Waals surface area contributed by atoms with Crippen molar-refractivity contribution in [3.63, 3.8) is 0 Å². The van der Waals surface area contributed by atoms with Crippen molar-refractivity contribution in [3.05, 3.63) is 65.5 Å². The van der Waals surface area contributed by atoms with Gasteiger partial charge in [-0.05, 0) is 54.8 Å². The summed E-state index contributed by atoms with van der Waals surface area (Å²) in [5, 5.41) is 0. The molecular weight excluding hydrogens is 333 g/mol. The fourth-order valence-corrected chi connectivity index (χ4v) is 3.35. The van der Waals surface area contributed by atoms with E-state index in [1.807, 2.05) is 17.0 Å². The molecule has 0 radical (unpaired) electrons. The molecule has 0 unspecified atom stereocenters. The van der Waals surface area contributed by atoms with E-state index in [-0.39, 0.29) is 17.6 Å². The van der Waals surface area contributed by atoms with Crippen LogP contribution in [0.3, 0.4) is 0 Å². The van der Waals surface area contributed by atoms with Gasteiger partial charge in [-0.2, -0.15) is 0 Å². The molecular formula is C21H22FNO3. The van der Waals surface area contributed by atoms with Gasteiger partial charge in [0, 0.05) is 31.5 Å². The Labute approximate surface area is 152 Å². The fraction of sp³-hybridized carbons (Fsp3) is 0.333. The van der Waals surface area contributed by atoms with Crippen LogP contribution in [0.1, 0.15) is 48.0 Å². The molecule has 0 aliphatic carbocycles. The number of benzene rings is 2. The molecule has 0 N–H and O–H groups in total. The van der Waals surface area contributed by atoms with E-state index in [1.165, 1.54) is 19.1 Å². The molecule has 3 rings (SSSR count). The number of ether oxygens (including phenoxy) is 1. The zero-order valence-corrected chi connectivity index (χ0v) is 14.8. The van der Waals surface area contributed by atoms with Crippen LogP contribution >= 0.6 is 0 Å². The maximum atomic E-state index is 13.2. The standard InChI is InChI=1S/C21H22FNO3/c1-15(24)26-20-11-7-17(8-12-20)21(25)23-13-3-2-4-18(14-23)16-5-9-19(22)10-6-16/h5-12,18H,2-4,13-14H2,1H3/t18-/m0/s1. The highest BCUT2D eigenvalue weighted by Crippen LogP contribution is 2.27. The number of hydrogen-bond acceptors (Lipinski definition) is 3. The summed E-state index contributed by atoms with van der Waals surface area (Å²) in [6.45, 7) is 2.67. The smallest absolute Gasteiger partial charge is 0.308 e. The van der Waals surface area contributed by atoms with Crippen LogP contribution in [0, 0.1) is 5.82 Å². The Kier molecular flexibility index (Phi) is 5.66. The third-order valence-electron chi connectivity index (χ3n) is 4.66. The van der Waals surface area contributed by atoms with Crippen LogP contribution in [-0.2, 0) is 4.79 Å². The summed E-state index contributed by atoms with van der Waals surface area (Å²) in [4.78, 5) is 25.7. The van der Waals surface area contributed by atoms with Crippen LogP contribution in [0.4, 0.5) is 4.39 Å². The number of esters is 1. The molecule has 0 spiro atoms. The number of halogens is 1. The monoisotopic (exact) mass is 355 g/mol. The molecule has 1 atom stereocenters. The molecule has 2 aromatic rings. The van der Waals surface area contributed by atoms with Gasteiger partial charge in [0.15, 0.2) is 0 Å². The van der Waals surface area contributed by atoms with Gasteiger partial charge in [0.05, 0.1) is 0 Å². The molecule has 0 saturated carbocycles. The van der Waals surface area contributed by atoms with E-state index in [1.54, 1.807) is 24.3 Å². The van der Waals surface area contributed by atoms with Crippen molar-refractivity contribution in [2.24, 2.45) is 0 Å². The number of carbonyl (C=O) groups excluding carboxylic acids is 2. The molecule has 1 aliphatic heterocycles. The van der Waals surface area contributed by atoms with E-state index in [4.69, 9.17) is 4.74 Å². The van der Waals surface area contributed by atoms with E-state index in [2.05, 4.69) is 0 Å². The normalized spacial score (nSPS) is 17.5. The van der Waals surface area contributed by atoms with Crippen LogP contribution in [0.15, 0.2) is 48.5 Å². The number of nitrogens with zero attached hydrogens (tertiary/aromatic N) is 1. The Morgan fingerprint density at radius 2 is 1.73 bits per heavy atom. The van der Waals surface area contributed by atoms with Gasteiger partial charge in [0.1, 0.15) is 11.6 Å². The SMILES string of the molecule is CC(=O)Oc1ccc(C(=O)N2CCCC[C@H](c3ccc(F)cc3)C2)cc1. The topological polar surface area (TPSA) is 46.6 Å². The van der Waals surface area contributed by atoms with Crippen molar-refractivity contribution in [1.82, 2.24) is 4.90 Å². The Hall–Kier alpha value is -2.69. The maximum Gasteiger partial charge on any atom is 0.308 e. The first-order chi connectivity index (χ1) is 12.5. The third-order valence-corrected chi connectivity index (χ3v) is 4.66. The lowest BCUT2D eigenvalue weighted by atomic mass is 9.94. The second kappa shape index (κ2) is 8.13. The van der Waals surface area contributed by atoms with Gasteiger partial charge in [-0.15, -0.1) is 0 Å². The number of likely N-dealkylation sites (tertiary alicyclic amines) is 1. The van der Waals surface area contributed by atoms with Crippen molar-refractivity contribution in [2.75, 3.05) is 13.1 Å². The van der Waals surface area contributed by atoms with Crippen molar-refractivity contribution in [3.8, 4) is 5.75 Å².